The molecule has 1 radical (unpaired) electrons. The van der Waals surface area contributed by atoms with Gasteiger partial charge in [-0.3, -0.25) is 0 Å². The number of nitrogens with zero attached hydrogens (tertiary/aromatic N) is 3. The van der Waals surface area contributed by atoms with Crippen LogP contribution in [0.4, 0.5) is 5.69 Å². The molecule has 79 valence electrons. The van der Waals surface area contributed by atoms with Crippen LogP contribution in [0.25, 0.3) is 11.0 Å². The van der Waals surface area contributed by atoms with Crippen molar-refractivity contribution in [3.63, 3.8) is 0 Å². The maximum atomic E-state index is 4.78. The molecule has 2 unspecified atom stereocenters. The molecule has 1 aliphatic heterocycles. The van der Waals surface area contributed by atoms with Crippen LogP contribution in [0.15, 0.2) is 28.9 Å². The van der Waals surface area contributed by atoms with Crippen LogP contribution in [0.2, 0.25) is 0 Å². The molecule has 4 rings (SSSR count). The van der Waals surface area contributed by atoms with Crippen molar-refractivity contribution in [3.05, 3.63) is 30.4 Å². The second-order valence-electron chi connectivity index (χ2n) is 4.42. The third kappa shape index (κ3) is 0.988. The van der Waals surface area contributed by atoms with Crippen LogP contribution >= 0.6 is 0 Å². The number of rotatable bonds is 1. The number of fused-ring (bicyclic) bond motifs is 3. The third-order valence-corrected chi connectivity index (χ3v) is 3.47. The van der Waals surface area contributed by atoms with Gasteiger partial charge in [-0.15, -0.1) is 0 Å². The van der Waals surface area contributed by atoms with E-state index in [1.165, 1.54) is 6.42 Å². The zero-order valence-electron chi connectivity index (χ0n) is 8.63. The van der Waals surface area contributed by atoms with Gasteiger partial charge in [-0.05, 0) is 34.8 Å². The van der Waals surface area contributed by atoms with Crippen LogP contribution < -0.4 is 4.90 Å². The van der Waals surface area contributed by atoms with Crippen molar-refractivity contribution in [1.82, 2.24) is 10.3 Å². The van der Waals surface area contributed by atoms with E-state index in [2.05, 4.69) is 33.4 Å². The molecule has 4 heteroatoms. The lowest BCUT2D eigenvalue weighted by atomic mass is 10.2. The molecule has 2 aliphatic rings. The molecule has 16 heavy (non-hydrogen) atoms. The summed E-state index contributed by atoms with van der Waals surface area (Å²) in [5, 5.41) is 7.83. The maximum Gasteiger partial charge on any atom is 0.159 e. The molecule has 2 atom stereocenters. The van der Waals surface area contributed by atoms with Crippen LogP contribution in [-0.2, 0) is 0 Å². The highest BCUT2D eigenvalue weighted by atomic mass is 16.6. The fourth-order valence-corrected chi connectivity index (χ4v) is 2.72. The summed E-state index contributed by atoms with van der Waals surface area (Å²) >= 11 is 0. The Morgan fingerprint density at radius 3 is 3.19 bits per heavy atom. The lowest BCUT2D eigenvalue weighted by Crippen LogP contribution is -2.29. The monoisotopic (exact) mass is 212 g/mol. The summed E-state index contributed by atoms with van der Waals surface area (Å²) in [5.74, 6) is 0.688. The van der Waals surface area contributed by atoms with E-state index in [0.717, 1.165) is 23.3 Å². The average Bonchev–Trinajstić information content (AvgIpc) is 3.03. The highest BCUT2D eigenvalue weighted by molar-refractivity contribution is 5.87. The first kappa shape index (κ1) is 8.33. The van der Waals surface area contributed by atoms with Gasteiger partial charge >= 0.3 is 0 Å². The quantitative estimate of drug-likeness (QED) is 0.676. The predicted octanol–water partition coefficient (Wildman–Crippen LogP) is 1.79. The van der Waals surface area contributed by atoms with E-state index in [0.29, 0.717) is 12.0 Å². The Morgan fingerprint density at radius 2 is 2.38 bits per heavy atom. The zero-order valence-corrected chi connectivity index (χ0v) is 8.63. The van der Waals surface area contributed by atoms with E-state index in [4.69, 9.17) is 4.63 Å². The van der Waals surface area contributed by atoms with Crippen LogP contribution in [0.1, 0.15) is 6.42 Å². The molecule has 1 fully saturated rings. The Morgan fingerprint density at radius 1 is 1.38 bits per heavy atom. The second-order valence-corrected chi connectivity index (χ2v) is 4.42. The van der Waals surface area contributed by atoms with E-state index in [9.17, 15) is 0 Å². The molecule has 2 bridgehead atoms. The minimum absolute atomic E-state index is 0.503. The fraction of sp³-hybridized carbons (Fsp3) is 0.333. The van der Waals surface area contributed by atoms with Crippen molar-refractivity contribution in [2.45, 2.75) is 12.5 Å². The summed E-state index contributed by atoms with van der Waals surface area (Å²) < 4.78 is 4.78. The van der Waals surface area contributed by atoms with Gasteiger partial charge in [0.1, 0.15) is 5.52 Å². The number of anilines is 1. The summed E-state index contributed by atoms with van der Waals surface area (Å²) in [6.45, 7) is 1.06. The normalized spacial score (nSPS) is 27.1. The van der Waals surface area contributed by atoms with Crippen molar-refractivity contribution >= 4 is 16.7 Å². The summed E-state index contributed by atoms with van der Waals surface area (Å²) in [7, 11) is 0. The molecular weight excluding hydrogens is 202 g/mol. The maximum absolute atomic E-state index is 4.78. The van der Waals surface area contributed by atoms with Crippen molar-refractivity contribution in [3.8, 4) is 0 Å². The number of hydrogen-bond acceptors (Lipinski definition) is 4. The van der Waals surface area contributed by atoms with Crippen LogP contribution in [0.5, 0.6) is 0 Å². The molecule has 1 aromatic carbocycles. The lowest BCUT2D eigenvalue weighted by molar-refractivity contribution is 0.315. The van der Waals surface area contributed by atoms with E-state index in [1.807, 2.05) is 12.1 Å². The SMILES string of the molecule is [c]1ccc2nonc2c1N1CC2C=CC1C2. The fourth-order valence-electron chi connectivity index (χ4n) is 2.72. The molecule has 1 aromatic heterocycles. The zero-order chi connectivity index (χ0) is 10.5. The standard InChI is InChI=1S/C12H10N3O/c1-2-10-12(14-16-13-10)11(3-1)15-7-8-4-5-9(15)6-8/h1-2,4-5,8-9H,6-7H2. The van der Waals surface area contributed by atoms with Crippen LogP contribution in [-0.4, -0.2) is 22.9 Å². The highest BCUT2D eigenvalue weighted by Gasteiger charge is 2.34. The van der Waals surface area contributed by atoms with Crippen molar-refractivity contribution in [2.24, 2.45) is 5.92 Å². The van der Waals surface area contributed by atoms with Gasteiger partial charge in [0.2, 0.25) is 0 Å². The molecule has 2 heterocycles. The Kier molecular flexibility index (Phi) is 1.48. The average molecular weight is 212 g/mol. The molecule has 0 saturated carbocycles. The van der Waals surface area contributed by atoms with Gasteiger partial charge < -0.3 is 4.90 Å². The summed E-state index contributed by atoms with van der Waals surface area (Å²) in [5.41, 5.74) is 2.65. The van der Waals surface area contributed by atoms with E-state index < -0.39 is 0 Å². The van der Waals surface area contributed by atoms with Crippen LogP contribution in [0.3, 0.4) is 0 Å². The molecule has 2 aromatic rings. The van der Waals surface area contributed by atoms with Gasteiger partial charge in [-0.2, -0.15) is 0 Å². The van der Waals surface area contributed by atoms with E-state index in [1.54, 1.807) is 0 Å². The summed E-state index contributed by atoms with van der Waals surface area (Å²) in [4.78, 5) is 2.34. The molecule has 1 saturated heterocycles. The van der Waals surface area contributed by atoms with Crippen molar-refractivity contribution < 1.29 is 4.63 Å². The summed E-state index contributed by atoms with van der Waals surface area (Å²) in [6.07, 6.45) is 5.80. The first-order chi connectivity index (χ1) is 7.92. The minimum Gasteiger partial charge on any atom is -0.362 e. The third-order valence-electron chi connectivity index (χ3n) is 3.47. The highest BCUT2D eigenvalue weighted by Crippen LogP contribution is 2.37. The largest absolute Gasteiger partial charge is 0.362 e. The van der Waals surface area contributed by atoms with Gasteiger partial charge in [0, 0.05) is 18.7 Å². The Bertz CT molecular complexity index is 574. The lowest BCUT2D eigenvalue weighted by Gasteiger charge is -2.25. The number of hydrogen-bond donors (Lipinski definition) is 0. The molecule has 0 spiro atoms. The van der Waals surface area contributed by atoms with Crippen LogP contribution in [0, 0.1) is 12.0 Å². The van der Waals surface area contributed by atoms with Crippen molar-refractivity contribution in [2.75, 3.05) is 11.4 Å². The number of aromatic nitrogens is 2. The van der Waals surface area contributed by atoms with E-state index in [-0.39, 0.29) is 0 Å². The van der Waals surface area contributed by atoms with Crippen molar-refractivity contribution in [1.29, 1.82) is 0 Å². The first-order valence-corrected chi connectivity index (χ1v) is 5.50. The predicted molar refractivity (Wildman–Crippen MR) is 59.0 cm³/mol. The first-order valence-electron chi connectivity index (χ1n) is 5.50. The van der Waals surface area contributed by atoms with Gasteiger partial charge in [0.25, 0.3) is 0 Å². The van der Waals surface area contributed by atoms with Gasteiger partial charge in [-0.25, -0.2) is 4.63 Å². The Balaban J connectivity index is 1.87. The Labute approximate surface area is 92.5 Å². The van der Waals surface area contributed by atoms with E-state index >= 15 is 0 Å². The second kappa shape index (κ2) is 2.84. The van der Waals surface area contributed by atoms with Gasteiger partial charge in [0.15, 0.2) is 5.52 Å². The molecule has 0 amide bonds. The smallest absolute Gasteiger partial charge is 0.159 e. The summed E-state index contributed by atoms with van der Waals surface area (Å²) in [6, 6.07) is 7.52. The van der Waals surface area contributed by atoms with Gasteiger partial charge in [0.05, 0.1) is 5.69 Å². The molecule has 0 N–H and O–H groups in total. The molecule has 4 nitrogen and oxygen atoms in total. The van der Waals surface area contributed by atoms with Gasteiger partial charge in [-0.1, -0.05) is 12.2 Å². The topological polar surface area (TPSA) is 42.2 Å². The Hall–Kier alpha value is -1.84. The minimum atomic E-state index is 0.503. The number of benzene rings is 1. The molecular formula is C12H10N3O. The molecule has 1 aliphatic carbocycles.